The van der Waals surface area contributed by atoms with E-state index >= 15 is 0 Å². The molecule has 88 valence electrons. The predicted molar refractivity (Wildman–Crippen MR) is 63.6 cm³/mol. The van der Waals surface area contributed by atoms with E-state index in [1.54, 1.807) is 0 Å². The molecule has 0 aromatic rings. The predicted octanol–water partition coefficient (Wildman–Crippen LogP) is 2.93. The summed E-state index contributed by atoms with van der Waals surface area (Å²) in [6.45, 7) is 12.5. The third-order valence-electron chi connectivity index (χ3n) is 3.57. The van der Waals surface area contributed by atoms with E-state index in [2.05, 4.69) is 18.7 Å². The molecule has 0 aromatic heterocycles. The molecule has 2 heteroatoms. The molecule has 1 rings (SSSR count). The zero-order valence-corrected chi connectivity index (χ0v) is 10.8. The van der Waals surface area contributed by atoms with Gasteiger partial charge in [-0.1, -0.05) is 41.0 Å². The zero-order valence-electron chi connectivity index (χ0n) is 10.8. The van der Waals surface area contributed by atoms with Crippen molar-refractivity contribution < 1.29 is 4.79 Å². The Morgan fingerprint density at radius 1 is 1.40 bits per heavy atom. The van der Waals surface area contributed by atoms with Gasteiger partial charge in [-0.3, -0.25) is 4.79 Å². The van der Waals surface area contributed by atoms with Crippen LogP contribution in [0.4, 0.5) is 0 Å². The lowest BCUT2D eigenvalue weighted by Crippen LogP contribution is -2.47. The molecule has 2 atom stereocenters. The highest BCUT2D eigenvalue weighted by atomic mass is 16.2. The van der Waals surface area contributed by atoms with Crippen LogP contribution >= 0.6 is 0 Å². The Labute approximate surface area is 94.0 Å². The summed E-state index contributed by atoms with van der Waals surface area (Å²) in [6.07, 6.45) is 2.36. The van der Waals surface area contributed by atoms with Crippen LogP contribution in [0.3, 0.4) is 0 Å². The van der Waals surface area contributed by atoms with Crippen molar-refractivity contribution >= 4 is 5.91 Å². The van der Waals surface area contributed by atoms with Gasteiger partial charge in [0.15, 0.2) is 0 Å². The number of hydrogen-bond acceptors (Lipinski definition) is 1. The lowest BCUT2D eigenvalue weighted by Gasteiger charge is -2.39. The number of amides is 1. The van der Waals surface area contributed by atoms with Gasteiger partial charge in [0, 0.05) is 18.5 Å². The van der Waals surface area contributed by atoms with E-state index in [4.69, 9.17) is 0 Å². The minimum atomic E-state index is -0.223. The lowest BCUT2D eigenvalue weighted by atomic mass is 9.83. The molecule has 1 fully saturated rings. The topological polar surface area (TPSA) is 20.3 Å². The molecule has 0 spiro atoms. The normalized spacial score (nSPS) is 27.9. The molecule has 0 bridgehead atoms. The van der Waals surface area contributed by atoms with Crippen molar-refractivity contribution in [2.75, 3.05) is 13.1 Å². The van der Waals surface area contributed by atoms with E-state index in [0.29, 0.717) is 11.8 Å². The first kappa shape index (κ1) is 12.5. The summed E-state index contributed by atoms with van der Waals surface area (Å²) in [5.74, 6) is 1.79. The Hall–Kier alpha value is -0.530. The molecule has 0 aliphatic carbocycles. The van der Waals surface area contributed by atoms with Crippen LogP contribution in [-0.2, 0) is 4.79 Å². The van der Waals surface area contributed by atoms with Crippen molar-refractivity contribution in [2.45, 2.75) is 47.5 Å². The highest BCUT2D eigenvalue weighted by Crippen LogP contribution is 2.28. The minimum absolute atomic E-state index is 0.223. The summed E-state index contributed by atoms with van der Waals surface area (Å²) in [7, 11) is 0. The molecule has 1 heterocycles. The first-order chi connectivity index (χ1) is 6.86. The quantitative estimate of drug-likeness (QED) is 0.653. The number of carbonyl (C=O) groups excluding carboxylic acids is 1. The maximum absolute atomic E-state index is 12.1. The van der Waals surface area contributed by atoms with Crippen molar-refractivity contribution in [3.63, 3.8) is 0 Å². The lowest BCUT2D eigenvalue weighted by molar-refractivity contribution is -0.142. The second kappa shape index (κ2) is 4.54. The summed E-state index contributed by atoms with van der Waals surface area (Å²) in [5.41, 5.74) is -0.223. The molecule has 1 saturated heterocycles. The number of piperidine rings is 1. The van der Waals surface area contributed by atoms with Crippen molar-refractivity contribution in [2.24, 2.45) is 17.3 Å². The van der Waals surface area contributed by atoms with Gasteiger partial charge >= 0.3 is 0 Å². The third-order valence-corrected chi connectivity index (χ3v) is 3.57. The van der Waals surface area contributed by atoms with Crippen LogP contribution < -0.4 is 0 Å². The summed E-state index contributed by atoms with van der Waals surface area (Å²) in [5, 5.41) is 0. The highest BCUT2D eigenvalue weighted by Gasteiger charge is 2.32. The molecule has 1 amide bonds. The number of carbonyl (C=O) groups is 1. The van der Waals surface area contributed by atoms with E-state index in [0.717, 1.165) is 19.0 Å². The Balaban J connectivity index is 2.62. The molecular formula is C13H25NO. The molecular weight excluding hydrogens is 186 g/mol. The van der Waals surface area contributed by atoms with Gasteiger partial charge in [-0.25, -0.2) is 0 Å². The molecule has 1 aliphatic heterocycles. The number of nitrogens with zero attached hydrogens (tertiary/aromatic N) is 1. The van der Waals surface area contributed by atoms with Gasteiger partial charge in [0.2, 0.25) is 5.91 Å². The van der Waals surface area contributed by atoms with Crippen LogP contribution in [0.5, 0.6) is 0 Å². The van der Waals surface area contributed by atoms with Crippen LogP contribution in [0.1, 0.15) is 47.5 Å². The van der Waals surface area contributed by atoms with E-state index in [1.165, 1.54) is 12.8 Å². The number of rotatable bonds is 1. The second-order valence-electron chi connectivity index (χ2n) is 5.94. The average Bonchev–Trinajstić information content (AvgIpc) is 2.16. The second-order valence-corrected chi connectivity index (χ2v) is 5.94. The molecule has 0 N–H and O–H groups in total. The maximum Gasteiger partial charge on any atom is 0.227 e. The van der Waals surface area contributed by atoms with E-state index in [1.807, 2.05) is 20.8 Å². The summed E-state index contributed by atoms with van der Waals surface area (Å²) < 4.78 is 0. The third kappa shape index (κ3) is 2.96. The maximum atomic E-state index is 12.1. The first-order valence-electron chi connectivity index (χ1n) is 6.15. The molecule has 0 radical (unpaired) electrons. The fraction of sp³-hybridized carbons (Fsp3) is 0.923. The zero-order chi connectivity index (χ0) is 11.6. The Bertz CT molecular complexity index is 229. The van der Waals surface area contributed by atoms with Crippen LogP contribution in [-0.4, -0.2) is 23.9 Å². The van der Waals surface area contributed by atoms with Gasteiger partial charge in [0.05, 0.1) is 0 Å². The van der Waals surface area contributed by atoms with E-state index < -0.39 is 0 Å². The number of likely N-dealkylation sites (tertiary alicyclic amines) is 1. The fourth-order valence-electron chi connectivity index (χ4n) is 2.34. The Morgan fingerprint density at radius 2 is 2.00 bits per heavy atom. The molecule has 1 aliphatic rings. The average molecular weight is 211 g/mol. The molecule has 0 saturated carbocycles. The summed E-state index contributed by atoms with van der Waals surface area (Å²) in [4.78, 5) is 14.2. The van der Waals surface area contributed by atoms with Crippen LogP contribution in [0.2, 0.25) is 0 Å². The molecule has 0 aromatic carbocycles. The minimum Gasteiger partial charge on any atom is -0.342 e. The Kier molecular flexibility index (Phi) is 3.80. The standard InChI is InChI=1S/C13H25NO/c1-6-11-9-14(8-7-10(11)2)12(15)13(3,4)5/h10-11H,6-9H2,1-5H3. The van der Waals surface area contributed by atoms with Gasteiger partial charge in [0.1, 0.15) is 0 Å². The highest BCUT2D eigenvalue weighted by molar-refractivity contribution is 5.81. The fourth-order valence-corrected chi connectivity index (χ4v) is 2.34. The van der Waals surface area contributed by atoms with E-state index in [-0.39, 0.29) is 5.41 Å². The van der Waals surface area contributed by atoms with E-state index in [9.17, 15) is 4.79 Å². The summed E-state index contributed by atoms with van der Waals surface area (Å²) in [6, 6.07) is 0. The molecule has 2 unspecified atom stereocenters. The van der Waals surface area contributed by atoms with Gasteiger partial charge in [-0.05, 0) is 18.3 Å². The first-order valence-corrected chi connectivity index (χ1v) is 6.15. The molecule has 15 heavy (non-hydrogen) atoms. The summed E-state index contributed by atoms with van der Waals surface area (Å²) >= 11 is 0. The van der Waals surface area contributed by atoms with Crippen molar-refractivity contribution in [1.29, 1.82) is 0 Å². The van der Waals surface area contributed by atoms with Crippen molar-refractivity contribution in [1.82, 2.24) is 4.90 Å². The SMILES string of the molecule is CCC1CN(C(=O)C(C)(C)C)CCC1C. The van der Waals surface area contributed by atoms with Gasteiger partial charge < -0.3 is 4.90 Å². The van der Waals surface area contributed by atoms with Crippen LogP contribution in [0.25, 0.3) is 0 Å². The van der Waals surface area contributed by atoms with Gasteiger partial charge in [-0.2, -0.15) is 0 Å². The monoisotopic (exact) mass is 211 g/mol. The van der Waals surface area contributed by atoms with Gasteiger partial charge in [0.25, 0.3) is 0 Å². The smallest absolute Gasteiger partial charge is 0.227 e. The van der Waals surface area contributed by atoms with Gasteiger partial charge in [-0.15, -0.1) is 0 Å². The Morgan fingerprint density at radius 3 is 2.47 bits per heavy atom. The molecule has 2 nitrogen and oxygen atoms in total. The number of hydrogen-bond donors (Lipinski definition) is 0. The van der Waals surface area contributed by atoms with Crippen LogP contribution in [0.15, 0.2) is 0 Å². The van der Waals surface area contributed by atoms with Crippen molar-refractivity contribution in [3.05, 3.63) is 0 Å². The van der Waals surface area contributed by atoms with Crippen LogP contribution in [0, 0.1) is 17.3 Å². The van der Waals surface area contributed by atoms with Crippen molar-refractivity contribution in [3.8, 4) is 0 Å². The largest absolute Gasteiger partial charge is 0.342 e.